The maximum absolute atomic E-state index is 12.1. The second-order valence-corrected chi connectivity index (χ2v) is 7.11. The standard InChI is InChI=1S/C12H15IN2O2S.ClH/c13-11-2-1-3-12(8-11)18(16,17)15-9-10-4-6-14-7-5-10;/h1-4,8,14-15H,5-7,9H2;1H. The highest BCUT2D eigenvalue weighted by Crippen LogP contribution is 2.13. The summed E-state index contributed by atoms with van der Waals surface area (Å²) in [6, 6.07) is 6.90. The third-order valence-electron chi connectivity index (χ3n) is 2.75. The zero-order valence-corrected chi connectivity index (χ0v) is 14.0. The lowest BCUT2D eigenvalue weighted by Gasteiger charge is -2.14. The molecule has 1 aliphatic heterocycles. The van der Waals surface area contributed by atoms with Gasteiger partial charge in [0.2, 0.25) is 10.0 Å². The van der Waals surface area contributed by atoms with Crippen LogP contribution in [0.1, 0.15) is 6.42 Å². The molecule has 0 amide bonds. The van der Waals surface area contributed by atoms with Crippen LogP contribution in [0.4, 0.5) is 0 Å². The van der Waals surface area contributed by atoms with E-state index in [1.165, 1.54) is 0 Å². The van der Waals surface area contributed by atoms with Gasteiger partial charge >= 0.3 is 0 Å². The van der Waals surface area contributed by atoms with E-state index in [-0.39, 0.29) is 12.4 Å². The summed E-state index contributed by atoms with van der Waals surface area (Å²) in [6.07, 6.45) is 2.94. The number of sulfonamides is 1. The highest BCUT2D eigenvalue weighted by molar-refractivity contribution is 14.1. The van der Waals surface area contributed by atoms with Crippen molar-refractivity contribution in [2.45, 2.75) is 11.3 Å². The third kappa shape index (κ3) is 5.03. The van der Waals surface area contributed by atoms with Crippen LogP contribution in [0.3, 0.4) is 0 Å². The first-order chi connectivity index (χ1) is 8.58. The van der Waals surface area contributed by atoms with Gasteiger partial charge in [-0.1, -0.05) is 17.7 Å². The quantitative estimate of drug-likeness (QED) is 0.584. The Labute approximate surface area is 133 Å². The van der Waals surface area contributed by atoms with Crippen LogP contribution in [0.5, 0.6) is 0 Å². The first-order valence-corrected chi connectivity index (χ1v) is 8.28. The summed E-state index contributed by atoms with van der Waals surface area (Å²) in [5, 5.41) is 3.20. The zero-order chi connectivity index (χ0) is 13.0. The van der Waals surface area contributed by atoms with Crippen LogP contribution in [0, 0.1) is 3.57 Å². The Morgan fingerprint density at radius 2 is 2.16 bits per heavy atom. The van der Waals surface area contributed by atoms with E-state index in [0.717, 1.165) is 28.7 Å². The number of rotatable bonds is 4. The summed E-state index contributed by atoms with van der Waals surface area (Å²) >= 11 is 2.11. The average Bonchev–Trinajstić information content (AvgIpc) is 2.38. The molecular weight excluding hydrogens is 399 g/mol. The second-order valence-electron chi connectivity index (χ2n) is 4.10. The Kier molecular flexibility index (Phi) is 6.75. The SMILES string of the molecule is Cl.O=S(=O)(NCC1=CCNCC1)c1cccc(I)c1. The first-order valence-electron chi connectivity index (χ1n) is 5.72. The topological polar surface area (TPSA) is 58.2 Å². The molecule has 0 radical (unpaired) electrons. The van der Waals surface area contributed by atoms with E-state index < -0.39 is 10.0 Å². The van der Waals surface area contributed by atoms with Gasteiger partial charge in [-0.3, -0.25) is 0 Å². The summed E-state index contributed by atoms with van der Waals surface area (Å²) in [5.41, 5.74) is 1.14. The van der Waals surface area contributed by atoms with Crippen molar-refractivity contribution in [3.8, 4) is 0 Å². The average molecular weight is 415 g/mol. The molecule has 0 atom stereocenters. The molecule has 4 nitrogen and oxygen atoms in total. The molecule has 1 aliphatic rings. The van der Waals surface area contributed by atoms with Crippen molar-refractivity contribution in [2.75, 3.05) is 19.6 Å². The van der Waals surface area contributed by atoms with Gasteiger partial charge in [0.1, 0.15) is 0 Å². The normalized spacial score (nSPS) is 15.5. The molecule has 106 valence electrons. The van der Waals surface area contributed by atoms with Crippen molar-refractivity contribution >= 4 is 45.0 Å². The number of hydrogen-bond acceptors (Lipinski definition) is 3. The molecule has 0 saturated carbocycles. The monoisotopic (exact) mass is 414 g/mol. The predicted octanol–water partition coefficient (Wildman–Crippen LogP) is 1.91. The van der Waals surface area contributed by atoms with Crippen LogP contribution >= 0.6 is 35.0 Å². The van der Waals surface area contributed by atoms with E-state index in [4.69, 9.17) is 0 Å². The molecule has 0 unspecified atom stereocenters. The molecule has 0 aromatic heterocycles. The summed E-state index contributed by atoms with van der Waals surface area (Å²) in [5.74, 6) is 0. The first kappa shape index (κ1) is 16.9. The fourth-order valence-corrected chi connectivity index (χ4v) is 3.57. The van der Waals surface area contributed by atoms with Gasteiger partial charge in [0.15, 0.2) is 0 Å². The Balaban J connectivity index is 0.00000180. The minimum Gasteiger partial charge on any atom is -0.313 e. The molecule has 19 heavy (non-hydrogen) atoms. The Morgan fingerprint density at radius 3 is 2.79 bits per heavy atom. The van der Waals surface area contributed by atoms with E-state index >= 15 is 0 Å². The predicted molar refractivity (Wildman–Crippen MR) is 87.2 cm³/mol. The van der Waals surface area contributed by atoms with Crippen molar-refractivity contribution in [1.82, 2.24) is 10.0 Å². The summed E-state index contributed by atoms with van der Waals surface area (Å²) in [4.78, 5) is 0.323. The molecule has 2 rings (SSSR count). The number of benzene rings is 1. The smallest absolute Gasteiger partial charge is 0.240 e. The molecule has 1 aromatic carbocycles. The number of hydrogen-bond donors (Lipinski definition) is 2. The van der Waals surface area contributed by atoms with Crippen LogP contribution < -0.4 is 10.0 Å². The van der Waals surface area contributed by atoms with Crippen molar-refractivity contribution in [2.24, 2.45) is 0 Å². The van der Waals surface area contributed by atoms with Gasteiger partial charge in [-0.05, 0) is 53.8 Å². The molecule has 0 spiro atoms. The van der Waals surface area contributed by atoms with Gasteiger partial charge < -0.3 is 5.32 Å². The number of nitrogens with one attached hydrogen (secondary N) is 2. The van der Waals surface area contributed by atoms with E-state index in [1.54, 1.807) is 18.2 Å². The molecule has 0 aliphatic carbocycles. The molecule has 0 saturated heterocycles. The minimum absolute atomic E-state index is 0. The third-order valence-corrected chi connectivity index (χ3v) is 4.82. The highest BCUT2D eigenvalue weighted by Gasteiger charge is 2.14. The van der Waals surface area contributed by atoms with E-state index in [0.29, 0.717) is 11.4 Å². The van der Waals surface area contributed by atoms with Crippen LogP contribution in [0.25, 0.3) is 0 Å². The van der Waals surface area contributed by atoms with Gasteiger partial charge in [0, 0.05) is 16.7 Å². The Morgan fingerprint density at radius 1 is 1.37 bits per heavy atom. The molecule has 7 heteroatoms. The van der Waals surface area contributed by atoms with E-state index in [1.807, 2.05) is 12.1 Å². The Bertz CT molecular complexity index is 561. The molecule has 0 fully saturated rings. The van der Waals surface area contributed by atoms with Crippen LogP contribution in [-0.4, -0.2) is 28.1 Å². The molecule has 1 heterocycles. The Hall–Kier alpha value is -0.150. The maximum atomic E-state index is 12.1. The lowest BCUT2D eigenvalue weighted by Crippen LogP contribution is -2.29. The minimum atomic E-state index is -3.40. The largest absolute Gasteiger partial charge is 0.313 e. The molecule has 2 N–H and O–H groups in total. The van der Waals surface area contributed by atoms with Crippen molar-refractivity contribution in [1.29, 1.82) is 0 Å². The lowest BCUT2D eigenvalue weighted by atomic mass is 10.1. The molecular formula is C12H16ClIN2O2S. The van der Waals surface area contributed by atoms with Crippen LogP contribution in [0.2, 0.25) is 0 Å². The summed E-state index contributed by atoms with van der Waals surface area (Å²) in [7, 11) is -3.40. The van der Waals surface area contributed by atoms with Crippen molar-refractivity contribution < 1.29 is 8.42 Å². The fourth-order valence-electron chi connectivity index (χ4n) is 1.74. The molecule has 1 aromatic rings. The van der Waals surface area contributed by atoms with E-state index in [2.05, 4.69) is 32.6 Å². The van der Waals surface area contributed by atoms with Gasteiger partial charge in [-0.15, -0.1) is 12.4 Å². The van der Waals surface area contributed by atoms with E-state index in [9.17, 15) is 8.42 Å². The fraction of sp³-hybridized carbons (Fsp3) is 0.333. The van der Waals surface area contributed by atoms with Gasteiger partial charge in [-0.2, -0.15) is 0 Å². The second kappa shape index (κ2) is 7.58. The van der Waals surface area contributed by atoms with Gasteiger partial charge in [0.25, 0.3) is 0 Å². The zero-order valence-electron chi connectivity index (χ0n) is 10.2. The number of halogens is 2. The lowest BCUT2D eigenvalue weighted by molar-refractivity contribution is 0.582. The van der Waals surface area contributed by atoms with Crippen molar-refractivity contribution in [3.63, 3.8) is 0 Å². The van der Waals surface area contributed by atoms with Crippen molar-refractivity contribution in [3.05, 3.63) is 39.5 Å². The van der Waals surface area contributed by atoms with Crippen LogP contribution in [-0.2, 0) is 10.0 Å². The summed E-state index contributed by atoms with van der Waals surface area (Å²) in [6.45, 7) is 2.13. The van der Waals surface area contributed by atoms with Gasteiger partial charge in [-0.25, -0.2) is 13.1 Å². The highest BCUT2D eigenvalue weighted by atomic mass is 127. The maximum Gasteiger partial charge on any atom is 0.240 e. The van der Waals surface area contributed by atoms with Gasteiger partial charge in [0.05, 0.1) is 4.90 Å². The summed E-state index contributed by atoms with van der Waals surface area (Å²) < 4.78 is 27.7. The molecule has 0 bridgehead atoms. The van der Waals surface area contributed by atoms with Crippen LogP contribution in [0.15, 0.2) is 40.8 Å².